The number of halogens is 2. The van der Waals surface area contributed by atoms with Gasteiger partial charge in [0.1, 0.15) is 0 Å². The van der Waals surface area contributed by atoms with Gasteiger partial charge >= 0.3 is 0 Å². The van der Waals surface area contributed by atoms with Gasteiger partial charge in [0, 0.05) is 11.6 Å². The topological polar surface area (TPSA) is 15.3 Å². The molecule has 21 heavy (non-hydrogen) atoms. The molecule has 1 aromatic rings. The number of rotatable bonds is 8. The van der Waals surface area contributed by atoms with Crippen LogP contribution in [0.5, 0.6) is 0 Å². The van der Waals surface area contributed by atoms with Crippen molar-refractivity contribution in [1.29, 1.82) is 0 Å². The minimum absolute atomic E-state index is 0.0730. The van der Waals surface area contributed by atoms with E-state index < -0.39 is 11.6 Å². The predicted molar refractivity (Wildman–Crippen MR) is 84.5 cm³/mol. The van der Waals surface area contributed by atoms with Crippen molar-refractivity contribution in [3.8, 4) is 0 Å². The quantitative estimate of drug-likeness (QED) is 0.789. The van der Waals surface area contributed by atoms with Gasteiger partial charge in [-0.3, -0.25) is 0 Å². The summed E-state index contributed by atoms with van der Waals surface area (Å²) in [4.78, 5) is 2.21. The highest BCUT2D eigenvalue weighted by Crippen LogP contribution is 2.29. The van der Waals surface area contributed by atoms with E-state index in [2.05, 4.69) is 38.2 Å². The second-order valence-corrected chi connectivity index (χ2v) is 5.73. The van der Waals surface area contributed by atoms with Gasteiger partial charge in [0.25, 0.3) is 0 Å². The van der Waals surface area contributed by atoms with Gasteiger partial charge in [-0.05, 0) is 51.5 Å². The first-order valence-electron chi connectivity index (χ1n) is 7.76. The molecule has 0 heterocycles. The molecule has 0 aromatic heterocycles. The summed E-state index contributed by atoms with van der Waals surface area (Å²) in [6.07, 6.45) is 2.38. The SMILES string of the molecule is CCNC(Cc1cccc(F)c1F)C(CC)(CC)N(C)C. The first-order chi connectivity index (χ1) is 9.92. The smallest absolute Gasteiger partial charge is 0.162 e. The highest BCUT2D eigenvalue weighted by atomic mass is 19.2. The van der Waals surface area contributed by atoms with Crippen molar-refractivity contribution in [2.24, 2.45) is 0 Å². The fourth-order valence-corrected chi connectivity index (χ4v) is 3.31. The van der Waals surface area contributed by atoms with E-state index in [0.717, 1.165) is 19.4 Å². The molecule has 0 saturated heterocycles. The van der Waals surface area contributed by atoms with Crippen molar-refractivity contribution in [2.45, 2.75) is 51.6 Å². The third-order valence-corrected chi connectivity index (χ3v) is 4.67. The largest absolute Gasteiger partial charge is 0.312 e. The standard InChI is InChI=1S/C17H28F2N2/c1-6-17(7-2,21(4)5)15(20-8-3)12-13-10-9-11-14(18)16(13)19/h9-11,15,20H,6-8,12H2,1-5H3. The molecule has 2 nitrogen and oxygen atoms in total. The lowest BCUT2D eigenvalue weighted by atomic mass is 9.80. The van der Waals surface area contributed by atoms with Crippen molar-refractivity contribution >= 4 is 0 Å². The zero-order valence-electron chi connectivity index (χ0n) is 13.8. The monoisotopic (exact) mass is 298 g/mol. The van der Waals surface area contributed by atoms with E-state index in [4.69, 9.17) is 0 Å². The van der Waals surface area contributed by atoms with Gasteiger partial charge in [-0.2, -0.15) is 0 Å². The van der Waals surface area contributed by atoms with E-state index in [9.17, 15) is 8.78 Å². The summed E-state index contributed by atoms with van der Waals surface area (Å²) in [6, 6.07) is 4.49. The van der Waals surface area contributed by atoms with Crippen LogP contribution in [0.4, 0.5) is 8.78 Å². The van der Waals surface area contributed by atoms with Gasteiger partial charge < -0.3 is 10.2 Å². The maximum Gasteiger partial charge on any atom is 0.162 e. The Hall–Kier alpha value is -1.00. The molecule has 1 rings (SSSR count). The molecule has 0 fully saturated rings. The average Bonchev–Trinajstić information content (AvgIpc) is 2.45. The Morgan fingerprint density at radius 1 is 1.14 bits per heavy atom. The summed E-state index contributed by atoms with van der Waals surface area (Å²) in [6.45, 7) is 7.14. The molecular weight excluding hydrogens is 270 g/mol. The summed E-state index contributed by atoms with van der Waals surface area (Å²) < 4.78 is 27.4. The lowest BCUT2D eigenvalue weighted by Gasteiger charge is -2.45. The van der Waals surface area contributed by atoms with E-state index in [1.165, 1.54) is 6.07 Å². The van der Waals surface area contributed by atoms with Gasteiger partial charge in [-0.25, -0.2) is 8.78 Å². The van der Waals surface area contributed by atoms with Crippen molar-refractivity contribution in [1.82, 2.24) is 10.2 Å². The summed E-state index contributed by atoms with van der Waals surface area (Å²) in [5, 5.41) is 3.47. The molecule has 1 unspecified atom stereocenters. The summed E-state index contributed by atoms with van der Waals surface area (Å²) in [7, 11) is 4.11. The van der Waals surface area contributed by atoms with Crippen LogP contribution in [0.2, 0.25) is 0 Å². The third kappa shape index (κ3) is 3.80. The van der Waals surface area contributed by atoms with E-state index in [1.807, 2.05) is 6.92 Å². The molecule has 0 aliphatic heterocycles. The second-order valence-electron chi connectivity index (χ2n) is 5.73. The number of nitrogens with one attached hydrogen (secondary N) is 1. The normalized spacial score (nSPS) is 13.7. The van der Waals surface area contributed by atoms with Gasteiger partial charge in [0.05, 0.1) is 0 Å². The van der Waals surface area contributed by atoms with Crippen LogP contribution in [0.3, 0.4) is 0 Å². The summed E-state index contributed by atoms with van der Waals surface area (Å²) >= 11 is 0. The first-order valence-corrected chi connectivity index (χ1v) is 7.76. The van der Waals surface area contributed by atoms with Crippen LogP contribution in [0.1, 0.15) is 39.2 Å². The predicted octanol–water partition coefficient (Wildman–Crippen LogP) is 3.61. The molecule has 0 amide bonds. The van der Waals surface area contributed by atoms with Crippen LogP contribution in [-0.2, 0) is 6.42 Å². The van der Waals surface area contributed by atoms with Crippen LogP contribution in [0.15, 0.2) is 18.2 Å². The fourth-order valence-electron chi connectivity index (χ4n) is 3.31. The van der Waals surface area contributed by atoms with E-state index in [-0.39, 0.29) is 11.6 Å². The Bertz CT molecular complexity index is 442. The summed E-state index contributed by atoms with van der Waals surface area (Å²) in [5.41, 5.74) is 0.364. The van der Waals surface area contributed by atoms with Crippen molar-refractivity contribution < 1.29 is 8.78 Å². The Balaban J connectivity index is 3.14. The lowest BCUT2D eigenvalue weighted by Crippen LogP contribution is -2.59. The molecule has 0 radical (unpaired) electrons. The number of hydrogen-bond acceptors (Lipinski definition) is 2. The highest BCUT2D eigenvalue weighted by molar-refractivity contribution is 5.21. The van der Waals surface area contributed by atoms with E-state index >= 15 is 0 Å². The number of benzene rings is 1. The van der Waals surface area contributed by atoms with Crippen LogP contribution in [0, 0.1) is 11.6 Å². The molecule has 0 aliphatic rings. The molecule has 0 spiro atoms. The zero-order chi connectivity index (χ0) is 16.0. The molecule has 0 bridgehead atoms. The maximum absolute atomic E-state index is 14.0. The van der Waals surface area contributed by atoms with Gasteiger partial charge in [0.2, 0.25) is 0 Å². The van der Waals surface area contributed by atoms with Crippen LogP contribution >= 0.6 is 0 Å². The molecule has 1 N–H and O–H groups in total. The van der Waals surface area contributed by atoms with Crippen LogP contribution < -0.4 is 5.32 Å². The van der Waals surface area contributed by atoms with Gasteiger partial charge in [0.15, 0.2) is 11.6 Å². The van der Waals surface area contributed by atoms with Crippen molar-refractivity contribution in [3.05, 3.63) is 35.4 Å². The Morgan fingerprint density at radius 3 is 2.24 bits per heavy atom. The molecule has 1 atom stereocenters. The molecule has 0 saturated carbocycles. The second kappa shape index (κ2) is 7.85. The van der Waals surface area contributed by atoms with E-state index in [0.29, 0.717) is 12.0 Å². The molecule has 120 valence electrons. The molecular formula is C17H28F2N2. The van der Waals surface area contributed by atoms with Crippen molar-refractivity contribution in [2.75, 3.05) is 20.6 Å². The number of nitrogens with zero attached hydrogens (tertiary/aromatic N) is 1. The Kier molecular flexibility index (Phi) is 6.75. The molecule has 4 heteroatoms. The molecule has 1 aromatic carbocycles. The van der Waals surface area contributed by atoms with E-state index in [1.54, 1.807) is 12.1 Å². The van der Waals surface area contributed by atoms with Crippen LogP contribution in [0.25, 0.3) is 0 Å². The molecule has 0 aliphatic carbocycles. The van der Waals surface area contributed by atoms with Gasteiger partial charge in [-0.1, -0.05) is 32.9 Å². The fraction of sp³-hybridized carbons (Fsp3) is 0.647. The lowest BCUT2D eigenvalue weighted by molar-refractivity contribution is 0.0884. The number of likely N-dealkylation sites (N-methyl/N-ethyl adjacent to an activating group) is 2. The Labute approximate surface area is 127 Å². The summed E-state index contributed by atoms with van der Waals surface area (Å²) in [5.74, 6) is -1.49. The number of hydrogen-bond donors (Lipinski definition) is 1. The Morgan fingerprint density at radius 2 is 1.76 bits per heavy atom. The highest BCUT2D eigenvalue weighted by Gasteiger charge is 2.37. The van der Waals surface area contributed by atoms with Gasteiger partial charge in [-0.15, -0.1) is 0 Å². The average molecular weight is 298 g/mol. The third-order valence-electron chi connectivity index (χ3n) is 4.67. The first kappa shape index (κ1) is 18.1. The zero-order valence-corrected chi connectivity index (χ0v) is 13.8. The van der Waals surface area contributed by atoms with Crippen LogP contribution in [-0.4, -0.2) is 37.1 Å². The van der Waals surface area contributed by atoms with Crippen molar-refractivity contribution in [3.63, 3.8) is 0 Å². The minimum Gasteiger partial charge on any atom is -0.312 e. The minimum atomic E-state index is -0.772. The maximum atomic E-state index is 14.0.